The lowest BCUT2D eigenvalue weighted by Gasteiger charge is -2.32. The molecule has 2 heterocycles. The van der Waals surface area contributed by atoms with E-state index < -0.39 is 0 Å². The van der Waals surface area contributed by atoms with E-state index in [0.717, 1.165) is 44.8 Å². The summed E-state index contributed by atoms with van der Waals surface area (Å²) >= 11 is 0. The van der Waals surface area contributed by atoms with Crippen LogP contribution in [0.2, 0.25) is 0 Å². The van der Waals surface area contributed by atoms with Crippen LogP contribution in [0.25, 0.3) is 0 Å². The first-order chi connectivity index (χ1) is 11.7. The Bertz CT molecular complexity index is 537. The minimum absolute atomic E-state index is 0.366. The molecule has 24 heavy (non-hydrogen) atoms. The predicted octanol–water partition coefficient (Wildman–Crippen LogP) is 2.41. The van der Waals surface area contributed by atoms with Crippen molar-refractivity contribution < 1.29 is 4.79 Å². The van der Waals surface area contributed by atoms with Crippen molar-refractivity contribution in [3.05, 3.63) is 35.4 Å². The van der Waals surface area contributed by atoms with Crippen LogP contribution in [0.1, 0.15) is 43.2 Å². The minimum Gasteiger partial charge on any atom is -0.343 e. The standard InChI is InChI=1S/C20H31N3O/c21-10-6-18-3-1-4-19(15-18)16-22-12-7-17(8-13-22)9-14-23-11-2-5-20(23)24/h1,3-4,15,17H,2,5-14,16,21H2. The van der Waals surface area contributed by atoms with Gasteiger partial charge >= 0.3 is 0 Å². The number of benzene rings is 1. The fraction of sp³-hybridized carbons (Fsp3) is 0.650. The fourth-order valence-electron chi connectivity index (χ4n) is 4.02. The summed E-state index contributed by atoms with van der Waals surface area (Å²) in [5.74, 6) is 1.16. The lowest BCUT2D eigenvalue weighted by Crippen LogP contribution is -2.35. The highest BCUT2D eigenvalue weighted by molar-refractivity contribution is 5.77. The zero-order chi connectivity index (χ0) is 16.8. The average Bonchev–Trinajstić information content (AvgIpc) is 3.00. The number of hydrogen-bond acceptors (Lipinski definition) is 3. The van der Waals surface area contributed by atoms with Crippen LogP contribution in [0.3, 0.4) is 0 Å². The van der Waals surface area contributed by atoms with Crippen LogP contribution in [-0.4, -0.2) is 48.4 Å². The van der Waals surface area contributed by atoms with E-state index in [1.165, 1.54) is 43.5 Å². The summed E-state index contributed by atoms with van der Waals surface area (Å²) in [4.78, 5) is 16.3. The second-order valence-corrected chi connectivity index (χ2v) is 7.35. The van der Waals surface area contributed by atoms with Crippen LogP contribution in [0.15, 0.2) is 24.3 Å². The van der Waals surface area contributed by atoms with Gasteiger partial charge in [-0.25, -0.2) is 0 Å². The maximum Gasteiger partial charge on any atom is 0.222 e. The molecule has 0 atom stereocenters. The molecule has 132 valence electrons. The van der Waals surface area contributed by atoms with Gasteiger partial charge in [0, 0.05) is 26.1 Å². The van der Waals surface area contributed by atoms with E-state index >= 15 is 0 Å². The molecular formula is C20H31N3O. The molecule has 0 radical (unpaired) electrons. The van der Waals surface area contributed by atoms with Crippen LogP contribution in [0.5, 0.6) is 0 Å². The van der Waals surface area contributed by atoms with Gasteiger partial charge in [0.25, 0.3) is 0 Å². The van der Waals surface area contributed by atoms with E-state index in [4.69, 9.17) is 5.73 Å². The molecule has 1 amide bonds. The van der Waals surface area contributed by atoms with Crippen molar-refractivity contribution >= 4 is 5.91 Å². The molecule has 1 aromatic rings. The molecule has 2 aliphatic heterocycles. The lowest BCUT2D eigenvalue weighted by atomic mass is 9.93. The Hall–Kier alpha value is -1.39. The first-order valence-corrected chi connectivity index (χ1v) is 9.52. The Morgan fingerprint density at radius 1 is 1.12 bits per heavy atom. The van der Waals surface area contributed by atoms with Crippen molar-refractivity contribution in [2.75, 3.05) is 32.7 Å². The predicted molar refractivity (Wildman–Crippen MR) is 97.6 cm³/mol. The molecule has 0 aromatic heterocycles. The molecule has 0 aliphatic carbocycles. The summed E-state index contributed by atoms with van der Waals surface area (Å²) in [6.07, 6.45) is 6.51. The highest BCUT2D eigenvalue weighted by Gasteiger charge is 2.23. The van der Waals surface area contributed by atoms with Gasteiger partial charge in [-0.2, -0.15) is 0 Å². The SMILES string of the molecule is NCCc1cccc(CN2CCC(CCN3CCCC3=O)CC2)c1. The molecule has 0 saturated carbocycles. The van der Waals surface area contributed by atoms with Crippen LogP contribution < -0.4 is 5.73 Å². The Balaban J connectivity index is 1.40. The largest absolute Gasteiger partial charge is 0.343 e. The van der Waals surface area contributed by atoms with Crippen LogP contribution in [0, 0.1) is 5.92 Å². The Kier molecular flexibility index (Phi) is 6.27. The number of rotatable bonds is 7. The summed E-state index contributed by atoms with van der Waals surface area (Å²) in [5.41, 5.74) is 8.41. The minimum atomic E-state index is 0.366. The van der Waals surface area contributed by atoms with E-state index in [1.807, 2.05) is 0 Å². The number of nitrogens with zero attached hydrogens (tertiary/aromatic N) is 2. The van der Waals surface area contributed by atoms with Crippen LogP contribution >= 0.6 is 0 Å². The van der Waals surface area contributed by atoms with Crippen molar-refractivity contribution in [2.45, 2.75) is 45.1 Å². The topological polar surface area (TPSA) is 49.6 Å². The molecule has 2 N–H and O–H groups in total. The summed E-state index contributed by atoms with van der Waals surface area (Å²) in [6, 6.07) is 8.85. The van der Waals surface area contributed by atoms with E-state index in [1.54, 1.807) is 0 Å². The monoisotopic (exact) mass is 329 g/mol. The second-order valence-electron chi connectivity index (χ2n) is 7.35. The van der Waals surface area contributed by atoms with E-state index in [-0.39, 0.29) is 0 Å². The van der Waals surface area contributed by atoms with Gasteiger partial charge in [-0.1, -0.05) is 24.3 Å². The van der Waals surface area contributed by atoms with Gasteiger partial charge < -0.3 is 10.6 Å². The first kappa shape index (κ1) is 17.4. The van der Waals surface area contributed by atoms with Crippen molar-refractivity contribution in [3.63, 3.8) is 0 Å². The van der Waals surface area contributed by atoms with Gasteiger partial charge in [0.1, 0.15) is 0 Å². The lowest BCUT2D eigenvalue weighted by molar-refractivity contribution is -0.127. The number of piperidine rings is 1. The normalized spacial score (nSPS) is 20.0. The third-order valence-electron chi connectivity index (χ3n) is 5.52. The van der Waals surface area contributed by atoms with Crippen molar-refractivity contribution in [3.8, 4) is 0 Å². The highest BCUT2D eigenvalue weighted by Crippen LogP contribution is 2.23. The van der Waals surface area contributed by atoms with Gasteiger partial charge in [-0.05, 0) is 68.8 Å². The Morgan fingerprint density at radius 3 is 2.62 bits per heavy atom. The first-order valence-electron chi connectivity index (χ1n) is 9.52. The maximum atomic E-state index is 11.7. The second kappa shape index (κ2) is 8.63. The molecule has 2 fully saturated rings. The van der Waals surface area contributed by atoms with Gasteiger partial charge in [-0.3, -0.25) is 9.69 Å². The highest BCUT2D eigenvalue weighted by atomic mass is 16.2. The number of amides is 1. The zero-order valence-electron chi connectivity index (χ0n) is 14.8. The van der Waals surface area contributed by atoms with Crippen LogP contribution in [-0.2, 0) is 17.8 Å². The molecular weight excluding hydrogens is 298 g/mol. The number of carbonyl (C=O) groups is 1. The molecule has 2 saturated heterocycles. The molecule has 0 spiro atoms. The van der Waals surface area contributed by atoms with Crippen molar-refractivity contribution in [1.29, 1.82) is 0 Å². The van der Waals surface area contributed by atoms with E-state index in [9.17, 15) is 4.79 Å². The van der Waals surface area contributed by atoms with Gasteiger partial charge in [0.15, 0.2) is 0 Å². The fourth-order valence-corrected chi connectivity index (χ4v) is 4.02. The number of hydrogen-bond donors (Lipinski definition) is 1. The average molecular weight is 329 g/mol. The summed E-state index contributed by atoms with van der Waals surface area (Å²) in [5, 5.41) is 0. The quantitative estimate of drug-likeness (QED) is 0.836. The summed E-state index contributed by atoms with van der Waals surface area (Å²) < 4.78 is 0. The molecule has 1 aromatic carbocycles. The molecule has 0 unspecified atom stereocenters. The third-order valence-corrected chi connectivity index (χ3v) is 5.52. The van der Waals surface area contributed by atoms with Gasteiger partial charge in [0.05, 0.1) is 0 Å². The molecule has 4 heteroatoms. The van der Waals surface area contributed by atoms with Crippen molar-refractivity contribution in [1.82, 2.24) is 9.80 Å². The smallest absolute Gasteiger partial charge is 0.222 e. The summed E-state index contributed by atoms with van der Waals surface area (Å²) in [7, 11) is 0. The van der Waals surface area contributed by atoms with Crippen LogP contribution in [0.4, 0.5) is 0 Å². The Labute approximate surface area is 146 Å². The van der Waals surface area contributed by atoms with Crippen molar-refractivity contribution in [2.24, 2.45) is 11.7 Å². The molecule has 2 aliphatic rings. The number of nitrogens with two attached hydrogens (primary N) is 1. The van der Waals surface area contributed by atoms with Gasteiger partial charge in [0.2, 0.25) is 5.91 Å². The van der Waals surface area contributed by atoms with E-state index in [2.05, 4.69) is 34.1 Å². The summed E-state index contributed by atoms with van der Waals surface area (Å²) in [6.45, 7) is 6.09. The molecule has 0 bridgehead atoms. The van der Waals surface area contributed by atoms with E-state index in [0.29, 0.717) is 12.5 Å². The molecule has 3 rings (SSSR count). The maximum absolute atomic E-state index is 11.7. The van der Waals surface area contributed by atoms with Gasteiger partial charge in [-0.15, -0.1) is 0 Å². The zero-order valence-corrected chi connectivity index (χ0v) is 14.8. The number of carbonyl (C=O) groups excluding carboxylic acids is 1. The molecule has 4 nitrogen and oxygen atoms in total. The third kappa shape index (κ3) is 4.81. The Morgan fingerprint density at radius 2 is 1.92 bits per heavy atom. The number of likely N-dealkylation sites (tertiary alicyclic amines) is 2.